The molecule has 0 saturated heterocycles. The Labute approximate surface area is 101 Å². The third-order valence-electron chi connectivity index (χ3n) is 2.51. The van der Waals surface area contributed by atoms with Gasteiger partial charge in [0.2, 0.25) is 0 Å². The topological polar surface area (TPSA) is 68.3 Å². The third kappa shape index (κ3) is 5.49. The van der Waals surface area contributed by atoms with E-state index in [0.717, 1.165) is 18.9 Å². The minimum atomic E-state index is -0.522. The first-order valence-electron chi connectivity index (χ1n) is 6.03. The second-order valence-corrected chi connectivity index (χ2v) is 4.56. The van der Waals surface area contributed by atoms with Crippen LogP contribution in [0.15, 0.2) is 16.5 Å². The number of rotatable bonds is 8. The second kappa shape index (κ2) is 7.06. The van der Waals surface area contributed by atoms with Gasteiger partial charge in [-0.2, -0.15) is 0 Å². The van der Waals surface area contributed by atoms with Gasteiger partial charge in [0.15, 0.2) is 0 Å². The molecule has 0 amide bonds. The summed E-state index contributed by atoms with van der Waals surface area (Å²) in [6.45, 7) is 5.90. The molecule has 0 radical (unpaired) electrons. The lowest BCUT2D eigenvalue weighted by atomic mass is 10.1. The standard InChI is InChI=1S/C12H20N2O3/c1-10(2)5-3-4-8-13-9-11-6-7-12(17-11)14(15)16/h6-7,10,13H,3-5,8-9H2,1-2H3. The SMILES string of the molecule is CC(C)CCCCNCc1ccc([N+](=O)[O-])o1. The van der Waals surface area contributed by atoms with Crippen LogP contribution in [0, 0.1) is 16.0 Å². The first-order chi connectivity index (χ1) is 8.09. The molecular formula is C12H20N2O3. The van der Waals surface area contributed by atoms with Crippen LogP contribution in [-0.4, -0.2) is 11.5 Å². The highest BCUT2D eigenvalue weighted by Gasteiger charge is 2.10. The smallest absolute Gasteiger partial charge is 0.404 e. The lowest BCUT2D eigenvalue weighted by Gasteiger charge is -2.04. The number of nitrogens with zero attached hydrogens (tertiary/aromatic N) is 1. The molecule has 5 nitrogen and oxygen atoms in total. The molecule has 0 unspecified atom stereocenters. The molecule has 96 valence electrons. The summed E-state index contributed by atoms with van der Waals surface area (Å²) in [7, 11) is 0. The Morgan fingerprint density at radius 3 is 2.76 bits per heavy atom. The van der Waals surface area contributed by atoms with Crippen molar-refractivity contribution in [1.82, 2.24) is 5.32 Å². The van der Waals surface area contributed by atoms with Crippen LogP contribution >= 0.6 is 0 Å². The van der Waals surface area contributed by atoms with Gasteiger partial charge in [-0.15, -0.1) is 0 Å². The molecule has 0 atom stereocenters. The zero-order chi connectivity index (χ0) is 12.7. The molecule has 0 fully saturated rings. The maximum absolute atomic E-state index is 10.4. The van der Waals surface area contributed by atoms with E-state index in [4.69, 9.17) is 4.42 Å². The first kappa shape index (κ1) is 13.7. The summed E-state index contributed by atoms with van der Waals surface area (Å²) in [5.74, 6) is 1.17. The molecule has 1 aromatic rings. The van der Waals surface area contributed by atoms with Gasteiger partial charge in [0.25, 0.3) is 0 Å². The Kier molecular flexibility index (Phi) is 5.69. The number of furan rings is 1. The van der Waals surface area contributed by atoms with Crippen LogP contribution in [0.25, 0.3) is 0 Å². The fraction of sp³-hybridized carbons (Fsp3) is 0.667. The molecular weight excluding hydrogens is 220 g/mol. The zero-order valence-electron chi connectivity index (χ0n) is 10.4. The lowest BCUT2D eigenvalue weighted by Crippen LogP contribution is -2.14. The van der Waals surface area contributed by atoms with Crippen molar-refractivity contribution in [3.8, 4) is 0 Å². The predicted molar refractivity (Wildman–Crippen MR) is 65.8 cm³/mol. The molecule has 0 bridgehead atoms. The van der Waals surface area contributed by atoms with Gasteiger partial charge >= 0.3 is 5.88 Å². The van der Waals surface area contributed by atoms with E-state index < -0.39 is 4.92 Å². The Bertz CT molecular complexity index is 347. The average molecular weight is 240 g/mol. The second-order valence-electron chi connectivity index (χ2n) is 4.56. The van der Waals surface area contributed by atoms with E-state index in [1.54, 1.807) is 6.07 Å². The highest BCUT2D eigenvalue weighted by atomic mass is 16.6. The molecule has 1 rings (SSSR count). The molecule has 0 aliphatic heterocycles. The number of unbranched alkanes of at least 4 members (excludes halogenated alkanes) is 1. The summed E-state index contributed by atoms with van der Waals surface area (Å²) >= 11 is 0. The summed E-state index contributed by atoms with van der Waals surface area (Å²) in [5.41, 5.74) is 0. The van der Waals surface area contributed by atoms with Gasteiger partial charge in [-0.25, -0.2) is 0 Å². The molecule has 17 heavy (non-hydrogen) atoms. The largest absolute Gasteiger partial charge is 0.433 e. The quantitative estimate of drug-likeness (QED) is 0.430. The Morgan fingerprint density at radius 1 is 1.41 bits per heavy atom. The maximum Gasteiger partial charge on any atom is 0.433 e. The predicted octanol–water partition coefficient (Wildman–Crippen LogP) is 3.10. The summed E-state index contributed by atoms with van der Waals surface area (Å²) in [4.78, 5) is 9.86. The van der Waals surface area contributed by atoms with E-state index in [2.05, 4.69) is 19.2 Å². The van der Waals surface area contributed by atoms with Crippen LogP contribution < -0.4 is 5.32 Å². The molecule has 0 saturated carbocycles. The van der Waals surface area contributed by atoms with Crippen LogP contribution in [0.2, 0.25) is 0 Å². The normalized spacial score (nSPS) is 11.0. The van der Waals surface area contributed by atoms with Gasteiger partial charge in [0.05, 0.1) is 12.6 Å². The lowest BCUT2D eigenvalue weighted by molar-refractivity contribution is -0.402. The fourth-order valence-electron chi connectivity index (χ4n) is 1.57. The molecule has 0 aliphatic rings. The maximum atomic E-state index is 10.4. The highest BCUT2D eigenvalue weighted by molar-refractivity contribution is 5.17. The number of hydrogen-bond acceptors (Lipinski definition) is 4. The molecule has 1 aromatic heterocycles. The van der Waals surface area contributed by atoms with Gasteiger partial charge < -0.3 is 9.73 Å². The van der Waals surface area contributed by atoms with Crippen LogP contribution in [-0.2, 0) is 6.54 Å². The average Bonchev–Trinajstić information content (AvgIpc) is 2.71. The van der Waals surface area contributed by atoms with Crippen molar-refractivity contribution in [1.29, 1.82) is 0 Å². The van der Waals surface area contributed by atoms with Gasteiger partial charge in [-0.1, -0.05) is 26.7 Å². The minimum absolute atomic E-state index is 0.193. The summed E-state index contributed by atoms with van der Waals surface area (Å²) in [6, 6.07) is 3.02. The number of hydrogen-bond donors (Lipinski definition) is 1. The van der Waals surface area contributed by atoms with E-state index in [0.29, 0.717) is 12.3 Å². The number of nitrogens with one attached hydrogen (secondary N) is 1. The molecule has 5 heteroatoms. The Morgan fingerprint density at radius 2 is 2.18 bits per heavy atom. The van der Waals surface area contributed by atoms with Crippen molar-refractivity contribution < 1.29 is 9.34 Å². The van der Waals surface area contributed by atoms with Crippen LogP contribution in [0.4, 0.5) is 5.88 Å². The van der Waals surface area contributed by atoms with Crippen molar-refractivity contribution in [2.24, 2.45) is 5.92 Å². The Hall–Kier alpha value is -1.36. The first-order valence-corrected chi connectivity index (χ1v) is 6.03. The van der Waals surface area contributed by atoms with Crippen molar-refractivity contribution in [2.75, 3.05) is 6.54 Å². The molecule has 1 N–H and O–H groups in total. The van der Waals surface area contributed by atoms with Crippen molar-refractivity contribution in [3.63, 3.8) is 0 Å². The fourth-order valence-corrected chi connectivity index (χ4v) is 1.57. The van der Waals surface area contributed by atoms with E-state index in [9.17, 15) is 10.1 Å². The molecule has 0 aliphatic carbocycles. The van der Waals surface area contributed by atoms with Crippen molar-refractivity contribution in [3.05, 3.63) is 28.0 Å². The van der Waals surface area contributed by atoms with Gasteiger partial charge in [-0.05, 0) is 24.9 Å². The molecule has 0 spiro atoms. The molecule has 0 aromatic carbocycles. The summed E-state index contributed by atoms with van der Waals surface area (Å²) in [6.07, 6.45) is 3.58. The van der Waals surface area contributed by atoms with E-state index in [1.165, 1.54) is 18.9 Å². The van der Waals surface area contributed by atoms with Crippen LogP contribution in [0.5, 0.6) is 0 Å². The Balaban J connectivity index is 2.11. The van der Waals surface area contributed by atoms with Crippen molar-refractivity contribution in [2.45, 2.75) is 39.7 Å². The van der Waals surface area contributed by atoms with E-state index in [1.807, 2.05) is 0 Å². The van der Waals surface area contributed by atoms with Gasteiger partial charge in [-0.3, -0.25) is 10.1 Å². The summed E-state index contributed by atoms with van der Waals surface area (Å²) < 4.78 is 5.03. The summed E-state index contributed by atoms with van der Waals surface area (Å²) in [5, 5.41) is 13.6. The zero-order valence-corrected chi connectivity index (χ0v) is 10.4. The minimum Gasteiger partial charge on any atom is -0.404 e. The van der Waals surface area contributed by atoms with E-state index in [-0.39, 0.29) is 5.88 Å². The number of nitro groups is 1. The third-order valence-corrected chi connectivity index (χ3v) is 2.51. The molecule has 1 heterocycles. The van der Waals surface area contributed by atoms with Gasteiger partial charge in [0, 0.05) is 0 Å². The van der Waals surface area contributed by atoms with Crippen LogP contribution in [0.1, 0.15) is 38.9 Å². The van der Waals surface area contributed by atoms with Crippen LogP contribution in [0.3, 0.4) is 0 Å². The monoisotopic (exact) mass is 240 g/mol. The van der Waals surface area contributed by atoms with Crippen molar-refractivity contribution >= 4 is 5.88 Å². The van der Waals surface area contributed by atoms with Gasteiger partial charge in [0.1, 0.15) is 10.7 Å². The highest BCUT2D eigenvalue weighted by Crippen LogP contribution is 2.15. The van der Waals surface area contributed by atoms with E-state index >= 15 is 0 Å².